The van der Waals surface area contributed by atoms with Crippen molar-refractivity contribution in [1.29, 1.82) is 0 Å². The van der Waals surface area contributed by atoms with Gasteiger partial charge in [0.2, 0.25) is 15.9 Å². The molecule has 1 atom stereocenters. The average molecular weight is 497 g/mol. The summed E-state index contributed by atoms with van der Waals surface area (Å²) in [7, 11) is -3.45. The molecule has 1 N–H and O–H groups in total. The zero-order valence-corrected chi connectivity index (χ0v) is 20.2. The Kier molecular flexibility index (Phi) is 8.15. The molecule has 184 valence electrons. The van der Waals surface area contributed by atoms with Gasteiger partial charge in [0.25, 0.3) is 0 Å². The molecule has 6 nitrogen and oxygen atoms in total. The van der Waals surface area contributed by atoms with E-state index in [2.05, 4.69) is 5.32 Å². The highest BCUT2D eigenvalue weighted by atomic mass is 32.2. The molecular weight excluding hydrogens is 467 g/mol. The zero-order valence-electron chi connectivity index (χ0n) is 19.4. The maximum absolute atomic E-state index is 14.0. The van der Waals surface area contributed by atoms with Crippen LogP contribution in [0.3, 0.4) is 0 Å². The summed E-state index contributed by atoms with van der Waals surface area (Å²) in [6.45, 7) is 1.21. The highest BCUT2D eigenvalue weighted by molar-refractivity contribution is 7.89. The fraction of sp³-hybridized carbons (Fsp3) is 0.296. The fourth-order valence-electron chi connectivity index (χ4n) is 4.07. The van der Waals surface area contributed by atoms with E-state index in [1.165, 1.54) is 10.4 Å². The second-order valence-electron chi connectivity index (χ2n) is 8.53. The Balaban J connectivity index is 1.35. The van der Waals surface area contributed by atoms with E-state index in [1.807, 2.05) is 30.3 Å². The molecule has 8 heteroatoms. The third-order valence-electron chi connectivity index (χ3n) is 6.05. The number of hydrogen-bond acceptors (Lipinski definition) is 4. The minimum Gasteiger partial charge on any atom is -0.488 e. The summed E-state index contributed by atoms with van der Waals surface area (Å²) in [6, 6.07) is 21.8. The van der Waals surface area contributed by atoms with Crippen LogP contribution in [0.15, 0.2) is 83.8 Å². The van der Waals surface area contributed by atoms with E-state index in [1.54, 1.807) is 42.5 Å². The molecule has 0 saturated carbocycles. The Morgan fingerprint density at radius 1 is 0.943 bits per heavy atom. The summed E-state index contributed by atoms with van der Waals surface area (Å²) in [4.78, 5) is 13.0. The average Bonchev–Trinajstić information content (AvgIpc) is 3.43. The summed E-state index contributed by atoms with van der Waals surface area (Å²) in [6.07, 6.45) is 2.47. The molecule has 1 saturated heterocycles. The van der Waals surface area contributed by atoms with Gasteiger partial charge in [-0.25, -0.2) is 12.8 Å². The highest BCUT2D eigenvalue weighted by Crippen LogP contribution is 2.22. The van der Waals surface area contributed by atoms with Crippen molar-refractivity contribution in [1.82, 2.24) is 9.62 Å². The molecule has 0 aliphatic carbocycles. The third-order valence-corrected chi connectivity index (χ3v) is 7.96. The zero-order chi connectivity index (χ0) is 24.7. The second kappa shape index (κ2) is 11.5. The van der Waals surface area contributed by atoms with E-state index in [9.17, 15) is 17.6 Å². The molecular formula is C27H29FN2O4S. The minimum absolute atomic E-state index is 0.0831. The molecule has 1 heterocycles. The van der Waals surface area contributed by atoms with Gasteiger partial charge >= 0.3 is 0 Å². The van der Waals surface area contributed by atoms with Gasteiger partial charge in [-0.15, -0.1) is 0 Å². The summed E-state index contributed by atoms with van der Waals surface area (Å²) in [5, 5.41) is 2.98. The van der Waals surface area contributed by atoms with Gasteiger partial charge in [-0.2, -0.15) is 4.31 Å². The molecule has 3 aromatic carbocycles. The van der Waals surface area contributed by atoms with E-state index in [0.29, 0.717) is 19.5 Å². The molecule has 1 aliphatic heterocycles. The van der Waals surface area contributed by atoms with Gasteiger partial charge in [-0.3, -0.25) is 4.79 Å². The molecule has 1 unspecified atom stereocenters. The molecule has 0 bridgehead atoms. The van der Waals surface area contributed by atoms with Crippen LogP contribution in [0, 0.1) is 5.82 Å². The van der Waals surface area contributed by atoms with Gasteiger partial charge < -0.3 is 10.1 Å². The van der Waals surface area contributed by atoms with Gasteiger partial charge in [0, 0.05) is 19.5 Å². The number of halogens is 1. The van der Waals surface area contributed by atoms with Crippen LogP contribution >= 0.6 is 0 Å². The van der Waals surface area contributed by atoms with Gasteiger partial charge in [0.1, 0.15) is 6.61 Å². The van der Waals surface area contributed by atoms with Gasteiger partial charge in [-0.1, -0.05) is 54.6 Å². The first kappa shape index (κ1) is 24.9. The van der Waals surface area contributed by atoms with Crippen molar-refractivity contribution in [3.63, 3.8) is 0 Å². The Morgan fingerprint density at radius 3 is 2.29 bits per heavy atom. The lowest BCUT2D eigenvalue weighted by molar-refractivity contribution is -0.122. The van der Waals surface area contributed by atoms with Gasteiger partial charge in [-0.05, 0) is 54.7 Å². The van der Waals surface area contributed by atoms with Crippen LogP contribution < -0.4 is 10.1 Å². The van der Waals surface area contributed by atoms with Crippen molar-refractivity contribution in [2.24, 2.45) is 0 Å². The molecule has 0 aromatic heterocycles. The number of ether oxygens (including phenoxy) is 1. The quantitative estimate of drug-likeness (QED) is 0.449. The standard InChI is InChI=1S/C27H29FN2O4S/c28-24-10-4-5-11-26(24)34-20-25(22-8-2-1-3-9-22)29-27(31)17-14-21-12-15-23(16-13-21)35(32,33)30-18-6-7-19-30/h1-5,8-13,15-16,25H,6-7,14,17-20H2,(H,29,31). The number of amides is 1. The minimum atomic E-state index is -3.45. The lowest BCUT2D eigenvalue weighted by Gasteiger charge is -2.20. The van der Waals surface area contributed by atoms with Crippen molar-refractivity contribution in [2.45, 2.75) is 36.6 Å². The topological polar surface area (TPSA) is 75.7 Å². The smallest absolute Gasteiger partial charge is 0.243 e. The number of para-hydroxylation sites is 1. The van der Waals surface area contributed by atoms with Crippen molar-refractivity contribution in [3.05, 3.63) is 95.8 Å². The molecule has 0 spiro atoms. The summed E-state index contributed by atoms with van der Waals surface area (Å²) in [5.74, 6) is -0.503. The number of nitrogens with zero attached hydrogens (tertiary/aromatic N) is 1. The van der Waals surface area contributed by atoms with Gasteiger partial charge in [0.15, 0.2) is 11.6 Å². The van der Waals surface area contributed by atoms with Crippen LogP contribution in [-0.2, 0) is 21.2 Å². The fourth-order valence-corrected chi connectivity index (χ4v) is 5.59. The van der Waals surface area contributed by atoms with E-state index in [0.717, 1.165) is 24.0 Å². The maximum Gasteiger partial charge on any atom is 0.243 e. The highest BCUT2D eigenvalue weighted by Gasteiger charge is 2.27. The number of nitrogens with one attached hydrogen (secondary N) is 1. The number of aryl methyl sites for hydroxylation is 1. The molecule has 0 radical (unpaired) electrons. The van der Waals surface area contributed by atoms with Crippen LogP contribution in [0.25, 0.3) is 0 Å². The Labute approximate surface area is 205 Å². The van der Waals surface area contributed by atoms with E-state index >= 15 is 0 Å². The number of carbonyl (C=O) groups is 1. The first-order chi connectivity index (χ1) is 16.9. The SMILES string of the molecule is O=C(CCc1ccc(S(=O)(=O)N2CCCC2)cc1)NC(COc1ccccc1F)c1ccccc1. The molecule has 1 fully saturated rings. The predicted octanol–water partition coefficient (Wildman–Crippen LogP) is 4.48. The molecule has 3 aromatic rings. The van der Waals surface area contributed by atoms with Crippen LogP contribution in [0.1, 0.15) is 36.4 Å². The van der Waals surface area contributed by atoms with Crippen LogP contribution in [0.4, 0.5) is 4.39 Å². The largest absolute Gasteiger partial charge is 0.488 e. The second-order valence-corrected chi connectivity index (χ2v) is 10.5. The maximum atomic E-state index is 14.0. The molecule has 4 rings (SSSR count). The molecule has 1 amide bonds. The Morgan fingerprint density at radius 2 is 1.60 bits per heavy atom. The lowest BCUT2D eigenvalue weighted by Crippen LogP contribution is -2.32. The molecule has 35 heavy (non-hydrogen) atoms. The van der Waals surface area contributed by atoms with E-state index < -0.39 is 21.9 Å². The van der Waals surface area contributed by atoms with E-state index in [4.69, 9.17) is 4.74 Å². The van der Waals surface area contributed by atoms with Crippen molar-refractivity contribution in [2.75, 3.05) is 19.7 Å². The van der Waals surface area contributed by atoms with Gasteiger partial charge in [0.05, 0.1) is 10.9 Å². The first-order valence-electron chi connectivity index (χ1n) is 11.7. The number of carbonyl (C=O) groups excluding carboxylic acids is 1. The number of sulfonamides is 1. The summed E-state index contributed by atoms with van der Waals surface area (Å²) >= 11 is 0. The van der Waals surface area contributed by atoms with Crippen molar-refractivity contribution < 1.29 is 22.3 Å². The lowest BCUT2D eigenvalue weighted by atomic mass is 10.1. The Hall–Kier alpha value is -3.23. The number of benzene rings is 3. The monoisotopic (exact) mass is 496 g/mol. The first-order valence-corrected chi connectivity index (χ1v) is 13.2. The Bertz CT molecular complexity index is 1230. The van der Waals surface area contributed by atoms with E-state index in [-0.39, 0.29) is 29.6 Å². The predicted molar refractivity (Wildman–Crippen MR) is 132 cm³/mol. The number of rotatable bonds is 10. The van der Waals surface area contributed by atoms with Crippen LogP contribution in [0.5, 0.6) is 5.75 Å². The van der Waals surface area contributed by atoms with Crippen molar-refractivity contribution >= 4 is 15.9 Å². The molecule has 1 aliphatic rings. The normalized spacial score (nSPS) is 15.0. The summed E-state index contributed by atoms with van der Waals surface area (Å²) < 4.78 is 46.5. The third kappa shape index (κ3) is 6.46. The van der Waals surface area contributed by atoms with Crippen LogP contribution in [0.2, 0.25) is 0 Å². The summed E-state index contributed by atoms with van der Waals surface area (Å²) in [5.41, 5.74) is 1.73. The van der Waals surface area contributed by atoms with Crippen LogP contribution in [-0.4, -0.2) is 38.3 Å². The number of hydrogen-bond donors (Lipinski definition) is 1. The van der Waals surface area contributed by atoms with Crippen molar-refractivity contribution in [3.8, 4) is 5.75 Å².